The zero-order valence-corrected chi connectivity index (χ0v) is 10.7. The number of amides is 1. The summed E-state index contributed by atoms with van der Waals surface area (Å²) in [5.41, 5.74) is 0. The molecule has 0 unspecified atom stereocenters. The smallest absolute Gasteiger partial charge is 0.264 e. The Morgan fingerprint density at radius 3 is 2.83 bits per heavy atom. The lowest BCUT2D eigenvalue weighted by Gasteiger charge is -2.20. The van der Waals surface area contributed by atoms with Crippen LogP contribution in [0.25, 0.3) is 0 Å². The topological polar surface area (TPSA) is 60.8 Å². The van der Waals surface area contributed by atoms with Crippen LogP contribution in [0.2, 0.25) is 0 Å². The highest BCUT2D eigenvalue weighted by molar-refractivity contribution is 7.14. The molecule has 1 aliphatic rings. The Morgan fingerprint density at radius 2 is 2.22 bits per heavy atom. The first-order valence-corrected chi connectivity index (χ1v) is 6.69. The average Bonchev–Trinajstić information content (AvgIpc) is 3.11. The molecule has 4 nitrogen and oxygen atoms in total. The summed E-state index contributed by atoms with van der Waals surface area (Å²) in [5.74, 6) is 5.31. The molecule has 0 spiro atoms. The third kappa shape index (κ3) is 3.10. The van der Waals surface area contributed by atoms with Crippen molar-refractivity contribution < 1.29 is 15.0 Å². The molecule has 0 saturated heterocycles. The molecular weight excluding hydrogens is 250 g/mol. The molecule has 1 aromatic heterocycles. The van der Waals surface area contributed by atoms with Gasteiger partial charge in [0.15, 0.2) is 0 Å². The molecule has 0 aliphatic heterocycles. The van der Waals surface area contributed by atoms with Gasteiger partial charge in [-0.25, -0.2) is 0 Å². The predicted molar refractivity (Wildman–Crippen MR) is 69.4 cm³/mol. The molecule has 2 N–H and O–H groups in total. The minimum absolute atomic E-state index is 0.00914. The van der Waals surface area contributed by atoms with Crippen LogP contribution in [0.4, 0.5) is 0 Å². The number of aliphatic hydroxyl groups is 2. The standard InChI is InChI=1S/C13H15NO3S/c15-8-1-2-11-5-6-12(18-11)13(17)14(7-9-16)10-3-4-10/h5-6,10,15-16H,3-4,7-9H2. The van der Waals surface area contributed by atoms with Crippen LogP contribution in [0, 0.1) is 11.8 Å². The minimum Gasteiger partial charge on any atom is -0.395 e. The van der Waals surface area contributed by atoms with Gasteiger partial charge in [0.2, 0.25) is 0 Å². The van der Waals surface area contributed by atoms with Crippen molar-refractivity contribution in [2.24, 2.45) is 0 Å². The number of nitrogens with zero attached hydrogens (tertiary/aromatic N) is 1. The zero-order valence-electron chi connectivity index (χ0n) is 9.93. The van der Waals surface area contributed by atoms with Gasteiger partial charge in [0, 0.05) is 12.6 Å². The van der Waals surface area contributed by atoms with Gasteiger partial charge >= 0.3 is 0 Å². The molecule has 18 heavy (non-hydrogen) atoms. The summed E-state index contributed by atoms with van der Waals surface area (Å²) in [4.78, 5) is 15.4. The highest BCUT2D eigenvalue weighted by Crippen LogP contribution is 2.29. The molecule has 0 radical (unpaired) electrons. The number of rotatable bonds is 4. The highest BCUT2D eigenvalue weighted by Gasteiger charge is 2.33. The minimum atomic E-state index is -0.181. The van der Waals surface area contributed by atoms with Crippen LogP contribution in [0.5, 0.6) is 0 Å². The lowest BCUT2D eigenvalue weighted by atomic mass is 10.3. The Labute approximate surface area is 110 Å². The average molecular weight is 265 g/mol. The maximum Gasteiger partial charge on any atom is 0.264 e. The Hall–Kier alpha value is -1.35. The molecule has 0 atom stereocenters. The Kier molecular flexibility index (Phi) is 4.37. The first-order valence-electron chi connectivity index (χ1n) is 5.87. The van der Waals surface area contributed by atoms with Gasteiger partial charge in [0.05, 0.1) is 16.4 Å². The van der Waals surface area contributed by atoms with Crippen molar-refractivity contribution >= 4 is 17.2 Å². The van der Waals surface area contributed by atoms with E-state index in [0.717, 1.165) is 17.7 Å². The van der Waals surface area contributed by atoms with Crippen LogP contribution < -0.4 is 0 Å². The SMILES string of the molecule is O=C(c1ccc(C#CCO)s1)N(CCO)C1CC1. The second-order valence-electron chi connectivity index (χ2n) is 4.08. The molecule has 1 amide bonds. The van der Waals surface area contributed by atoms with Crippen molar-refractivity contribution in [2.75, 3.05) is 19.8 Å². The van der Waals surface area contributed by atoms with E-state index in [9.17, 15) is 4.79 Å². The Bertz CT molecular complexity index is 482. The molecular formula is C13H15NO3S. The Balaban J connectivity index is 2.09. The molecule has 1 aromatic rings. The highest BCUT2D eigenvalue weighted by atomic mass is 32.1. The molecule has 2 rings (SSSR count). The fraction of sp³-hybridized carbons (Fsp3) is 0.462. The fourth-order valence-electron chi connectivity index (χ4n) is 1.73. The van der Waals surface area contributed by atoms with Crippen LogP contribution in [0.15, 0.2) is 12.1 Å². The fourth-order valence-corrected chi connectivity index (χ4v) is 2.57. The maximum absolute atomic E-state index is 12.2. The lowest BCUT2D eigenvalue weighted by Crippen LogP contribution is -2.34. The first kappa shape index (κ1) is 13.1. The molecule has 1 saturated carbocycles. The second-order valence-corrected chi connectivity index (χ2v) is 5.16. The molecule has 1 fully saturated rings. The molecule has 96 valence electrons. The van der Waals surface area contributed by atoms with Gasteiger partial charge in [-0.3, -0.25) is 4.79 Å². The van der Waals surface area contributed by atoms with E-state index in [-0.39, 0.29) is 19.1 Å². The summed E-state index contributed by atoms with van der Waals surface area (Å²) in [7, 11) is 0. The van der Waals surface area contributed by atoms with Gasteiger partial charge in [-0.2, -0.15) is 0 Å². The van der Waals surface area contributed by atoms with Gasteiger partial charge in [-0.1, -0.05) is 11.8 Å². The van der Waals surface area contributed by atoms with E-state index in [1.54, 1.807) is 17.0 Å². The molecule has 1 aliphatic carbocycles. The van der Waals surface area contributed by atoms with E-state index in [1.165, 1.54) is 11.3 Å². The summed E-state index contributed by atoms with van der Waals surface area (Å²) in [6.45, 7) is 0.198. The van der Waals surface area contributed by atoms with E-state index < -0.39 is 0 Å². The maximum atomic E-state index is 12.2. The van der Waals surface area contributed by atoms with E-state index in [0.29, 0.717) is 17.5 Å². The first-order chi connectivity index (χ1) is 8.76. The number of thiophene rings is 1. The largest absolute Gasteiger partial charge is 0.395 e. The zero-order chi connectivity index (χ0) is 13.0. The van der Waals surface area contributed by atoms with Crippen molar-refractivity contribution in [3.05, 3.63) is 21.9 Å². The van der Waals surface area contributed by atoms with Crippen LogP contribution in [-0.2, 0) is 0 Å². The summed E-state index contributed by atoms with van der Waals surface area (Å²) in [6, 6.07) is 3.82. The lowest BCUT2D eigenvalue weighted by molar-refractivity contribution is 0.0712. The third-order valence-corrected chi connectivity index (χ3v) is 3.69. The molecule has 0 bridgehead atoms. The second kappa shape index (κ2) is 6.01. The summed E-state index contributed by atoms with van der Waals surface area (Å²) in [6.07, 6.45) is 2.04. The summed E-state index contributed by atoms with van der Waals surface area (Å²) in [5, 5.41) is 17.6. The number of hydrogen-bond donors (Lipinski definition) is 2. The van der Waals surface area contributed by atoms with Gasteiger partial charge in [0.25, 0.3) is 5.91 Å². The van der Waals surface area contributed by atoms with Crippen LogP contribution in [0.3, 0.4) is 0 Å². The third-order valence-electron chi connectivity index (χ3n) is 2.70. The Morgan fingerprint density at radius 1 is 1.44 bits per heavy atom. The van der Waals surface area contributed by atoms with E-state index in [1.807, 2.05) is 0 Å². The van der Waals surface area contributed by atoms with Crippen molar-refractivity contribution in [1.82, 2.24) is 4.90 Å². The monoisotopic (exact) mass is 265 g/mol. The number of carbonyl (C=O) groups excluding carboxylic acids is 1. The van der Waals surface area contributed by atoms with E-state index >= 15 is 0 Å². The van der Waals surface area contributed by atoms with Crippen molar-refractivity contribution in [3.63, 3.8) is 0 Å². The van der Waals surface area contributed by atoms with Gasteiger partial charge < -0.3 is 15.1 Å². The van der Waals surface area contributed by atoms with Gasteiger partial charge in [-0.15, -0.1) is 11.3 Å². The van der Waals surface area contributed by atoms with E-state index in [2.05, 4.69) is 11.8 Å². The van der Waals surface area contributed by atoms with Gasteiger partial charge in [0.1, 0.15) is 6.61 Å². The summed E-state index contributed by atoms with van der Waals surface area (Å²) >= 11 is 1.32. The van der Waals surface area contributed by atoms with Crippen LogP contribution >= 0.6 is 11.3 Å². The number of carbonyl (C=O) groups is 1. The normalized spacial score (nSPS) is 13.9. The quantitative estimate of drug-likeness (QED) is 0.787. The van der Waals surface area contributed by atoms with E-state index in [4.69, 9.17) is 10.2 Å². The van der Waals surface area contributed by atoms with Crippen LogP contribution in [0.1, 0.15) is 27.4 Å². The molecule has 5 heteroatoms. The van der Waals surface area contributed by atoms with Crippen LogP contribution in [-0.4, -0.2) is 46.8 Å². The van der Waals surface area contributed by atoms with Crippen molar-refractivity contribution in [3.8, 4) is 11.8 Å². The molecule has 0 aromatic carbocycles. The number of aliphatic hydroxyl groups excluding tert-OH is 2. The number of hydrogen-bond acceptors (Lipinski definition) is 4. The van der Waals surface area contributed by atoms with Crippen molar-refractivity contribution in [2.45, 2.75) is 18.9 Å². The summed E-state index contributed by atoms with van der Waals surface area (Å²) < 4.78 is 0. The predicted octanol–water partition coefficient (Wildman–Crippen LogP) is 0.689. The van der Waals surface area contributed by atoms with Gasteiger partial charge in [-0.05, 0) is 25.0 Å². The molecule has 1 heterocycles. The van der Waals surface area contributed by atoms with Crippen molar-refractivity contribution in [1.29, 1.82) is 0 Å².